The Morgan fingerprint density at radius 2 is 2.30 bits per heavy atom. The molecule has 3 N–H and O–H groups in total. The number of amides is 1. The van der Waals surface area contributed by atoms with Crippen LogP contribution in [0.15, 0.2) is 39.1 Å². The molecule has 0 spiro atoms. The van der Waals surface area contributed by atoms with Gasteiger partial charge in [-0.3, -0.25) is 4.79 Å². The summed E-state index contributed by atoms with van der Waals surface area (Å²) in [4.78, 5) is 23.6. The van der Waals surface area contributed by atoms with Gasteiger partial charge in [-0.15, -0.1) is 11.3 Å². The molecule has 0 atom stereocenters. The predicted octanol–water partition coefficient (Wildman–Crippen LogP) is 0.942. The van der Waals surface area contributed by atoms with Gasteiger partial charge in [0.05, 0.1) is 18.7 Å². The molecule has 2 aromatic rings. The Kier molecular flexibility index (Phi) is 4.71. The molecule has 0 aliphatic carbocycles. The maximum absolute atomic E-state index is 11.8. The van der Waals surface area contributed by atoms with Crippen molar-refractivity contribution in [1.82, 2.24) is 5.32 Å². The Balaban J connectivity index is 1.94. The van der Waals surface area contributed by atoms with Crippen LogP contribution in [0.5, 0.6) is 0 Å². The third-order valence-electron chi connectivity index (χ3n) is 2.37. The maximum Gasteiger partial charge on any atom is 0.335 e. The number of nitrogens with one attached hydrogen (secondary N) is 1. The van der Waals surface area contributed by atoms with Gasteiger partial charge in [0, 0.05) is 21.9 Å². The van der Waals surface area contributed by atoms with Crippen molar-refractivity contribution in [2.45, 2.75) is 6.54 Å². The van der Waals surface area contributed by atoms with E-state index >= 15 is 0 Å². The lowest BCUT2D eigenvalue weighted by molar-refractivity contribution is 0.0949. The van der Waals surface area contributed by atoms with Crippen LogP contribution in [-0.4, -0.2) is 12.5 Å². The first-order valence-electron chi connectivity index (χ1n) is 5.82. The highest BCUT2D eigenvalue weighted by Gasteiger charge is 2.06. The number of hydrogen-bond donors (Lipinski definition) is 2. The zero-order valence-corrected chi connectivity index (χ0v) is 11.3. The fraction of sp³-hybridized carbons (Fsp3) is 0.143. The van der Waals surface area contributed by atoms with Gasteiger partial charge in [-0.1, -0.05) is 11.8 Å². The molecule has 0 aromatic carbocycles. The average Bonchev–Trinajstić information content (AvgIpc) is 2.91. The van der Waals surface area contributed by atoms with E-state index in [9.17, 15) is 9.59 Å². The van der Waals surface area contributed by atoms with E-state index in [2.05, 4.69) is 21.6 Å². The topological polar surface area (TPSA) is 85.3 Å². The Labute approximate surface area is 119 Å². The zero-order valence-electron chi connectivity index (χ0n) is 10.5. The zero-order chi connectivity index (χ0) is 14.4. The van der Waals surface area contributed by atoms with Gasteiger partial charge < -0.3 is 15.5 Å². The van der Waals surface area contributed by atoms with E-state index in [1.807, 2.05) is 11.4 Å². The van der Waals surface area contributed by atoms with Crippen molar-refractivity contribution >= 4 is 17.2 Å². The van der Waals surface area contributed by atoms with Crippen LogP contribution in [-0.2, 0) is 6.54 Å². The first-order valence-corrected chi connectivity index (χ1v) is 6.70. The molecular formula is C14H12N2O3S. The second-order valence-corrected chi connectivity index (χ2v) is 4.83. The van der Waals surface area contributed by atoms with E-state index < -0.39 is 5.63 Å². The van der Waals surface area contributed by atoms with Gasteiger partial charge in [-0.2, -0.15) is 0 Å². The predicted molar refractivity (Wildman–Crippen MR) is 76.4 cm³/mol. The van der Waals surface area contributed by atoms with Crippen molar-refractivity contribution in [2.75, 3.05) is 6.54 Å². The minimum atomic E-state index is -0.483. The van der Waals surface area contributed by atoms with Gasteiger partial charge in [0.25, 0.3) is 5.91 Å². The molecule has 0 fully saturated rings. The van der Waals surface area contributed by atoms with E-state index in [1.54, 1.807) is 0 Å². The number of nitrogens with two attached hydrogens (primary N) is 1. The SMILES string of the molecule is NCC#Cc1csc(CNC(=O)c2ccc(=O)oc2)c1. The molecule has 6 heteroatoms. The molecular weight excluding hydrogens is 276 g/mol. The minimum absolute atomic E-state index is 0.295. The Morgan fingerprint density at radius 3 is 3.00 bits per heavy atom. The van der Waals surface area contributed by atoms with Crippen LogP contribution < -0.4 is 16.7 Å². The summed E-state index contributed by atoms with van der Waals surface area (Å²) in [6.45, 7) is 0.716. The van der Waals surface area contributed by atoms with Crippen LogP contribution in [0, 0.1) is 11.8 Å². The lowest BCUT2D eigenvalue weighted by atomic mass is 10.2. The number of rotatable bonds is 3. The van der Waals surface area contributed by atoms with Crippen LogP contribution in [0.3, 0.4) is 0 Å². The largest absolute Gasteiger partial charge is 0.430 e. The third-order valence-corrected chi connectivity index (χ3v) is 3.31. The van der Waals surface area contributed by atoms with E-state index in [4.69, 9.17) is 5.73 Å². The van der Waals surface area contributed by atoms with E-state index in [0.29, 0.717) is 18.7 Å². The third kappa shape index (κ3) is 3.82. The maximum atomic E-state index is 11.8. The lowest BCUT2D eigenvalue weighted by Crippen LogP contribution is -2.22. The fourth-order valence-electron chi connectivity index (χ4n) is 1.45. The first kappa shape index (κ1) is 14.1. The second kappa shape index (κ2) is 6.70. The standard InChI is InChI=1S/C14H12N2O3S/c15-5-1-2-10-6-12(20-9-10)7-16-14(18)11-3-4-13(17)19-8-11/h3-4,6,8-9H,5,7,15H2,(H,16,18). The molecule has 102 valence electrons. The summed E-state index contributed by atoms with van der Waals surface area (Å²) in [5.74, 6) is 5.40. The number of thiophene rings is 1. The molecule has 0 radical (unpaired) electrons. The normalized spacial score (nSPS) is 9.65. The molecule has 0 unspecified atom stereocenters. The molecule has 2 heterocycles. The molecule has 20 heavy (non-hydrogen) atoms. The first-order chi connectivity index (χ1) is 9.69. The quantitative estimate of drug-likeness (QED) is 0.823. The van der Waals surface area contributed by atoms with Crippen molar-refractivity contribution in [3.8, 4) is 11.8 Å². The average molecular weight is 288 g/mol. The summed E-state index contributed by atoms with van der Waals surface area (Å²) < 4.78 is 4.64. The molecule has 0 saturated carbocycles. The molecule has 0 saturated heterocycles. The van der Waals surface area contributed by atoms with E-state index in [0.717, 1.165) is 16.7 Å². The molecule has 2 rings (SSSR count). The highest BCUT2D eigenvalue weighted by Crippen LogP contribution is 2.13. The summed E-state index contributed by atoms with van der Waals surface area (Å²) in [5.41, 5.74) is 6.01. The van der Waals surface area contributed by atoms with Crippen molar-refractivity contribution < 1.29 is 9.21 Å². The summed E-state index contributed by atoms with van der Waals surface area (Å²) in [6.07, 6.45) is 1.14. The molecule has 0 aliphatic heterocycles. The van der Waals surface area contributed by atoms with Gasteiger partial charge in [0.15, 0.2) is 0 Å². The van der Waals surface area contributed by atoms with Crippen LogP contribution >= 0.6 is 11.3 Å². The van der Waals surface area contributed by atoms with Crippen molar-refractivity contribution in [3.05, 3.63) is 56.3 Å². The van der Waals surface area contributed by atoms with Crippen molar-refractivity contribution in [1.29, 1.82) is 0 Å². The summed E-state index contributed by atoms with van der Waals surface area (Å²) in [6, 6.07) is 4.53. The highest BCUT2D eigenvalue weighted by molar-refractivity contribution is 7.10. The summed E-state index contributed by atoms with van der Waals surface area (Å²) in [7, 11) is 0. The monoisotopic (exact) mass is 288 g/mol. The van der Waals surface area contributed by atoms with Gasteiger partial charge in [-0.05, 0) is 12.1 Å². The van der Waals surface area contributed by atoms with Crippen molar-refractivity contribution in [2.24, 2.45) is 5.73 Å². The number of carbonyl (C=O) groups is 1. The Hall–Kier alpha value is -2.36. The number of carbonyl (C=O) groups excluding carboxylic acids is 1. The van der Waals surface area contributed by atoms with Gasteiger partial charge >= 0.3 is 5.63 Å². The Morgan fingerprint density at radius 1 is 1.45 bits per heavy atom. The van der Waals surface area contributed by atoms with Crippen LogP contribution in [0.4, 0.5) is 0 Å². The van der Waals surface area contributed by atoms with E-state index in [-0.39, 0.29) is 5.91 Å². The van der Waals surface area contributed by atoms with Gasteiger partial charge in [0.2, 0.25) is 0 Å². The minimum Gasteiger partial charge on any atom is -0.430 e. The van der Waals surface area contributed by atoms with Crippen LogP contribution in [0.2, 0.25) is 0 Å². The van der Waals surface area contributed by atoms with Gasteiger partial charge in [-0.25, -0.2) is 4.79 Å². The number of hydrogen-bond acceptors (Lipinski definition) is 5. The molecule has 0 aliphatic rings. The molecule has 5 nitrogen and oxygen atoms in total. The lowest BCUT2D eigenvalue weighted by Gasteiger charge is -2.02. The molecule has 2 aromatic heterocycles. The van der Waals surface area contributed by atoms with Gasteiger partial charge in [0.1, 0.15) is 6.26 Å². The molecule has 0 bridgehead atoms. The second-order valence-electron chi connectivity index (χ2n) is 3.83. The van der Waals surface area contributed by atoms with Crippen LogP contribution in [0.25, 0.3) is 0 Å². The van der Waals surface area contributed by atoms with Crippen molar-refractivity contribution in [3.63, 3.8) is 0 Å². The van der Waals surface area contributed by atoms with E-state index in [1.165, 1.54) is 23.5 Å². The fourth-order valence-corrected chi connectivity index (χ4v) is 2.20. The van der Waals surface area contributed by atoms with Crippen LogP contribution in [0.1, 0.15) is 20.8 Å². The molecule has 1 amide bonds. The summed E-state index contributed by atoms with van der Waals surface area (Å²) in [5, 5.41) is 4.65. The summed E-state index contributed by atoms with van der Waals surface area (Å²) >= 11 is 1.51. The smallest absolute Gasteiger partial charge is 0.335 e. The highest BCUT2D eigenvalue weighted by atomic mass is 32.1. The Bertz CT molecular complexity index is 701.